The van der Waals surface area contributed by atoms with Crippen molar-refractivity contribution in [1.82, 2.24) is 0 Å². The fourth-order valence-electron chi connectivity index (χ4n) is 0.549. The highest BCUT2D eigenvalue weighted by atomic mass is 16.5. The number of hydrogen-bond acceptors (Lipinski definition) is 4. The van der Waals surface area contributed by atoms with Gasteiger partial charge in [0.05, 0.1) is 13.2 Å². The first-order valence-electron chi connectivity index (χ1n) is 3.67. The van der Waals surface area contributed by atoms with Crippen LogP contribution < -0.4 is 0 Å². The Morgan fingerprint density at radius 1 is 1.67 bits per heavy atom. The van der Waals surface area contributed by atoms with Crippen LogP contribution in [0.3, 0.4) is 0 Å². The van der Waals surface area contributed by atoms with Crippen LogP contribution in [0.5, 0.6) is 0 Å². The van der Waals surface area contributed by atoms with E-state index in [1.807, 2.05) is 0 Å². The second-order valence-corrected chi connectivity index (χ2v) is 2.28. The predicted molar refractivity (Wildman–Crippen MR) is 43.7 cm³/mol. The summed E-state index contributed by atoms with van der Waals surface area (Å²) in [5.74, 6) is -0.405. The molecule has 0 aromatic rings. The molecule has 0 aromatic heterocycles. The average Bonchev–Trinajstić information content (AvgIpc) is 2.01. The van der Waals surface area contributed by atoms with E-state index in [1.54, 1.807) is 6.08 Å². The van der Waals surface area contributed by atoms with Crippen LogP contribution in [0, 0.1) is 0 Å². The van der Waals surface area contributed by atoms with Gasteiger partial charge in [-0.1, -0.05) is 6.08 Å². The number of carbonyl (C=O) groups excluding carboxylic acids is 1. The Hall–Kier alpha value is -0.870. The van der Waals surface area contributed by atoms with Crippen LogP contribution in [-0.4, -0.2) is 37.0 Å². The summed E-state index contributed by atoms with van der Waals surface area (Å²) in [5, 5.41) is 9.09. The maximum atomic E-state index is 10.3. The van der Waals surface area contributed by atoms with Gasteiger partial charge >= 0.3 is 5.97 Å². The maximum absolute atomic E-state index is 10.3. The summed E-state index contributed by atoms with van der Waals surface area (Å²) in [7, 11) is 0. The van der Waals surface area contributed by atoms with Gasteiger partial charge in [-0.3, -0.25) is 4.79 Å². The molecular weight excluding hydrogens is 160 g/mol. The Labute approximate surface area is 71.8 Å². The minimum Gasteiger partial charge on any atom is -0.463 e. The molecule has 4 heteroatoms. The standard InChI is InChI=1S/C8H14O4/c1-3-4-11-5-8(10)6-12-7(2)9/h3,8,10H,1,4-6H2,2H3/t8-/m1/s1. The Kier molecular flexibility index (Phi) is 6.32. The van der Waals surface area contributed by atoms with Crippen LogP contribution >= 0.6 is 0 Å². The lowest BCUT2D eigenvalue weighted by Gasteiger charge is -2.09. The molecule has 0 radical (unpaired) electrons. The maximum Gasteiger partial charge on any atom is 0.302 e. The summed E-state index contributed by atoms with van der Waals surface area (Å²) in [6.45, 7) is 5.25. The number of rotatable bonds is 6. The summed E-state index contributed by atoms with van der Waals surface area (Å²) < 4.78 is 9.46. The first-order chi connectivity index (χ1) is 5.66. The van der Waals surface area contributed by atoms with Crippen LogP contribution in [0.2, 0.25) is 0 Å². The second-order valence-electron chi connectivity index (χ2n) is 2.28. The highest BCUT2D eigenvalue weighted by Gasteiger charge is 2.04. The van der Waals surface area contributed by atoms with E-state index >= 15 is 0 Å². The first kappa shape index (κ1) is 11.1. The number of aliphatic hydroxyl groups excluding tert-OH is 1. The fraction of sp³-hybridized carbons (Fsp3) is 0.625. The van der Waals surface area contributed by atoms with Crippen molar-refractivity contribution >= 4 is 5.97 Å². The molecule has 0 spiro atoms. The van der Waals surface area contributed by atoms with Crippen molar-refractivity contribution in [2.24, 2.45) is 0 Å². The summed E-state index contributed by atoms with van der Waals surface area (Å²) in [6, 6.07) is 0. The van der Waals surface area contributed by atoms with Crippen molar-refractivity contribution in [2.75, 3.05) is 19.8 Å². The van der Waals surface area contributed by atoms with Crippen LogP contribution in [0.4, 0.5) is 0 Å². The van der Waals surface area contributed by atoms with Crippen molar-refractivity contribution in [3.05, 3.63) is 12.7 Å². The van der Waals surface area contributed by atoms with Gasteiger partial charge in [-0.2, -0.15) is 0 Å². The van der Waals surface area contributed by atoms with Gasteiger partial charge in [0.15, 0.2) is 0 Å². The molecule has 0 fully saturated rings. The van der Waals surface area contributed by atoms with E-state index in [9.17, 15) is 4.79 Å². The molecule has 0 aliphatic rings. The summed E-state index contributed by atoms with van der Waals surface area (Å²) >= 11 is 0. The highest BCUT2D eigenvalue weighted by molar-refractivity contribution is 5.65. The third-order valence-electron chi connectivity index (χ3n) is 1.02. The van der Waals surface area contributed by atoms with Gasteiger partial charge in [0.25, 0.3) is 0 Å². The van der Waals surface area contributed by atoms with Gasteiger partial charge in [-0.15, -0.1) is 6.58 Å². The molecule has 0 unspecified atom stereocenters. The van der Waals surface area contributed by atoms with E-state index in [-0.39, 0.29) is 13.2 Å². The minimum atomic E-state index is -0.756. The largest absolute Gasteiger partial charge is 0.463 e. The minimum absolute atomic E-state index is 0.0214. The van der Waals surface area contributed by atoms with Crippen molar-refractivity contribution < 1.29 is 19.4 Å². The molecule has 4 nitrogen and oxygen atoms in total. The predicted octanol–water partition coefficient (Wildman–Crippen LogP) is 0.113. The summed E-state index contributed by atoms with van der Waals surface area (Å²) in [6.07, 6.45) is 0.826. The van der Waals surface area contributed by atoms with Gasteiger partial charge in [0.2, 0.25) is 0 Å². The van der Waals surface area contributed by atoms with E-state index in [4.69, 9.17) is 9.84 Å². The smallest absolute Gasteiger partial charge is 0.302 e. The molecule has 0 heterocycles. The zero-order valence-corrected chi connectivity index (χ0v) is 7.16. The molecule has 0 rings (SSSR count). The van der Waals surface area contributed by atoms with E-state index in [0.29, 0.717) is 6.61 Å². The van der Waals surface area contributed by atoms with Crippen LogP contribution in [0.1, 0.15) is 6.92 Å². The lowest BCUT2D eigenvalue weighted by Crippen LogP contribution is -2.22. The van der Waals surface area contributed by atoms with E-state index in [0.717, 1.165) is 0 Å². The van der Waals surface area contributed by atoms with Gasteiger partial charge in [0, 0.05) is 6.92 Å². The van der Waals surface area contributed by atoms with E-state index in [2.05, 4.69) is 11.3 Å². The molecule has 1 N–H and O–H groups in total. The third-order valence-corrected chi connectivity index (χ3v) is 1.02. The summed E-state index contributed by atoms with van der Waals surface area (Å²) in [4.78, 5) is 10.3. The lowest BCUT2D eigenvalue weighted by molar-refractivity contribution is -0.144. The van der Waals surface area contributed by atoms with Gasteiger partial charge < -0.3 is 14.6 Å². The molecule has 70 valence electrons. The SMILES string of the molecule is C=CCOC[C@@H](O)COC(C)=O. The molecule has 0 amide bonds. The van der Waals surface area contributed by atoms with Crippen LogP contribution in [0.25, 0.3) is 0 Å². The monoisotopic (exact) mass is 174 g/mol. The van der Waals surface area contributed by atoms with Crippen molar-refractivity contribution in [3.63, 3.8) is 0 Å². The van der Waals surface area contributed by atoms with Gasteiger partial charge in [0.1, 0.15) is 12.7 Å². The first-order valence-corrected chi connectivity index (χ1v) is 3.67. The number of aliphatic hydroxyl groups is 1. The number of carbonyl (C=O) groups is 1. The Bertz CT molecular complexity index is 144. The zero-order valence-electron chi connectivity index (χ0n) is 7.16. The Morgan fingerprint density at radius 3 is 2.83 bits per heavy atom. The third kappa shape index (κ3) is 7.24. The molecule has 0 aliphatic heterocycles. The Balaban J connectivity index is 3.26. The molecule has 0 bridgehead atoms. The molecule has 0 saturated carbocycles. The molecule has 1 atom stereocenters. The normalized spacial score (nSPS) is 12.2. The lowest BCUT2D eigenvalue weighted by atomic mass is 10.4. The van der Waals surface area contributed by atoms with Gasteiger partial charge in [-0.25, -0.2) is 0 Å². The molecule has 0 aliphatic carbocycles. The molecule has 12 heavy (non-hydrogen) atoms. The molecular formula is C8H14O4. The molecule has 0 aromatic carbocycles. The van der Waals surface area contributed by atoms with Crippen molar-refractivity contribution in [3.8, 4) is 0 Å². The fourth-order valence-corrected chi connectivity index (χ4v) is 0.549. The van der Waals surface area contributed by atoms with Crippen LogP contribution in [-0.2, 0) is 14.3 Å². The number of hydrogen-bond donors (Lipinski definition) is 1. The van der Waals surface area contributed by atoms with Gasteiger partial charge in [-0.05, 0) is 0 Å². The average molecular weight is 174 g/mol. The van der Waals surface area contributed by atoms with E-state index in [1.165, 1.54) is 6.92 Å². The highest BCUT2D eigenvalue weighted by Crippen LogP contribution is 1.88. The van der Waals surface area contributed by atoms with E-state index < -0.39 is 12.1 Å². The topological polar surface area (TPSA) is 55.8 Å². The quantitative estimate of drug-likeness (QED) is 0.353. The van der Waals surface area contributed by atoms with Crippen molar-refractivity contribution in [1.29, 1.82) is 0 Å². The number of esters is 1. The van der Waals surface area contributed by atoms with Crippen LogP contribution in [0.15, 0.2) is 12.7 Å². The van der Waals surface area contributed by atoms with Crippen molar-refractivity contribution in [2.45, 2.75) is 13.0 Å². The molecule has 0 saturated heterocycles. The number of ether oxygens (including phenoxy) is 2. The zero-order chi connectivity index (χ0) is 9.40. The Morgan fingerprint density at radius 2 is 2.33 bits per heavy atom. The summed E-state index contributed by atoms with van der Waals surface area (Å²) in [5.41, 5.74) is 0. The second kappa shape index (κ2) is 6.82.